The normalized spacial score (nSPS) is 27.2. The van der Waals surface area contributed by atoms with E-state index in [0.717, 1.165) is 11.8 Å². The third-order valence-corrected chi connectivity index (χ3v) is 3.33. The van der Waals surface area contributed by atoms with Crippen molar-refractivity contribution in [2.75, 3.05) is 25.5 Å². The molecule has 0 radical (unpaired) electrons. The number of ether oxygens (including phenoxy) is 1. The third-order valence-electron chi connectivity index (χ3n) is 2.07. The van der Waals surface area contributed by atoms with Gasteiger partial charge < -0.3 is 15.2 Å². The van der Waals surface area contributed by atoms with Gasteiger partial charge in [-0.2, -0.15) is 5.48 Å². The fraction of sp³-hybridized carbons (Fsp3) is 0.750. The van der Waals surface area contributed by atoms with Crippen LogP contribution < -0.4 is 10.8 Å². The number of nitrogens with one attached hydrogen (secondary N) is 2. The fourth-order valence-electron chi connectivity index (χ4n) is 1.19. The van der Waals surface area contributed by atoms with Crippen LogP contribution in [0.15, 0.2) is 0 Å². The van der Waals surface area contributed by atoms with Crippen LogP contribution in [0.1, 0.15) is 0 Å². The molecule has 0 spiro atoms. The molecule has 0 aromatic heterocycles. The standard InChI is InChI=1S/C8H14N2O6S/c11-7-5(10-16-14)4-17-6(8(12)13)3-15-2-1-9-7/h5-6,10,14H,1-4H2,(H,9,11)(H,12,13). The van der Waals surface area contributed by atoms with E-state index in [9.17, 15) is 9.59 Å². The van der Waals surface area contributed by atoms with E-state index in [1.807, 2.05) is 0 Å². The van der Waals surface area contributed by atoms with Crippen LogP contribution in [0.25, 0.3) is 0 Å². The first kappa shape index (κ1) is 14.2. The van der Waals surface area contributed by atoms with Gasteiger partial charge >= 0.3 is 5.97 Å². The van der Waals surface area contributed by atoms with E-state index in [-0.39, 0.29) is 31.4 Å². The summed E-state index contributed by atoms with van der Waals surface area (Å²) in [5, 5.41) is 19.0. The van der Waals surface area contributed by atoms with Gasteiger partial charge in [0.2, 0.25) is 5.91 Å². The molecule has 0 saturated carbocycles. The average molecular weight is 266 g/mol. The Morgan fingerprint density at radius 3 is 3.06 bits per heavy atom. The van der Waals surface area contributed by atoms with Crippen LogP contribution in [0.2, 0.25) is 0 Å². The lowest BCUT2D eigenvalue weighted by molar-refractivity contribution is -0.296. The summed E-state index contributed by atoms with van der Waals surface area (Å²) in [5.74, 6) is -1.24. The molecule has 2 atom stereocenters. The van der Waals surface area contributed by atoms with E-state index in [0.29, 0.717) is 0 Å². The minimum absolute atomic E-state index is 0.0720. The summed E-state index contributed by atoms with van der Waals surface area (Å²) < 4.78 is 5.11. The fourth-order valence-corrected chi connectivity index (χ4v) is 2.17. The van der Waals surface area contributed by atoms with E-state index in [1.54, 1.807) is 0 Å². The van der Waals surface area contributed by atoms with Crippen LogP contribution >= 0.6 is 11.8 Å². The van der Waals surface area contributed by atoms with Crippen LogP contribution in [0.4, 0.5) is 0 Å². The lowest BCUT2D eigenvalue weighted by Crippen LogP contribution is -2.47. The molecule has 0 aromatic rings. The van der Waals surface area contributed by atoms with Gasteiger partial charge in [0, 0.05) is 12.3 Å². The monoisotopic (exact) mass is 266 g/mol. The number of carboxylic acid groups (broad SMARTS) is 1. The highest BCUT2D eigenvalue weighted by Crippen LogP contribution is 2.14. The van der Waals surface area contributed by atoms with Gasteiger partial charge in [0.05, 0.1) is 13.2 Å². The zero-order valence-corrected chi connectivity index (χ0v) is 9.74. The SMILES string of the molecule is O=C1NCCOCC(C(=O)O)SCC1NOO. The number of carbonyl (C=O) groups is 2. The molecule has 17 heavy (non-hydrogen) atoms. The molecule has 1 saturated heterocycles. The Morgan fingerprint density at radius 2 is 2.41 bits per heavy atom. The predicted octanol–water partition coefficient (Wildman–Crippen LogP) is -1.32. The molecule has 1 heterocycles. The van der Waals surface area contributed by atoms with Gasteiger partial charge in [-0.05, 0) is 0 Å². The topological polar surface area (TPSA) is 117 Å². The molecular weight excluding hydrogens is 252 g/mol. The van der Waals surface area contributed by atoms with Gasteiger partial charge in [0.15, 0.2) is 0 Å². The molecule has 0 bridgehead atoms. The number of hydrogen-bond donors (Lipinski definition) is 4. The number of aliphatic carboxylic acids is 1. The molecule has 0 aliphatic carbocycles. The molecule has 1 aliphatic heterocycles. The summed E-state index contributed by atoms with van der Waals surface area (Å²) in [7, 11) is 0. The van der Waals surface area contributed by atoms with Crippen LogP contribution in [-0.4, -0.2) is 59.0 Å². The van der Waals surface area contributed by atoms with Crippen molar-refractivity contribution in [1.29, 1.82) is 0 Å². The second-order valence-electron chi connectivity index (χ2n) is 3.29. The van der Waals surface area contributed by atoms with E-state index in [4.69, 9.17) is 15.1 Å². The molecule has 1 aliphatic rings. The number of carboxylic acids is 1. The zero-order valence-electron chi connectivity index (χ0n) is 8.92. The average Bonchev–Trinajstić information content (AvgIpc) is 2.30. The van der Waals surface area contributed by atoms with Crippen molar-refractivity contribution in [1.82, 2.24) is 10.8 Å². The highest BCUT2D eigenvalue weighted by atomic mass is 32.2. The Morgan fingerprint density at radius 1 is 1.65 bits per heavy atom. The van der Waals surface area contributed by atoms with E-state index >= 15 is 0 Å². The largest absolute Gasteiger partial charge is 0.480 e. The number of hydroxylamine groups is 1. The lowest BCUT2D eigenvalue weighted by Gasteiger charge is -2.20. The molecule has 1 amide bonds. The quantitative estimate of drug-likeness (QED) is 0.367. The molecule has 98 valence electrons. The summed E-state index contributed by atoms with van der Waals surface area (Å²) in [6.07, 6.45) is 0. The molecule has 0 aromatic carbocycles. The molecule has 9 heteroatoms. The van der Waals surface area contributed by atoms with Gasteiger partial charge in [0.25, 0.3) is 0 Å². The highest BCUT2D eigenvalue weighted by Gasteiger charge is 2.25. The van der Waals surface area contributed by atoms with Gasteiger partial charge in [0.1, 0.15) is 11.3 Å². The van der Waals surface area contributed by atoms with Crippen molar-refractivity contribution in [3.05, 3.63) is 0 Å². The Kier molecular flexibility index (Phi) is 6.22. The van der Waals surface area contributed by atoms with Crippen molar-refractivity contribution in [3.8, 4) is 0 Å². The van der Waals surface area contributed by atoms with Gasteiger partial charge in [-0.1, -0.05) is 0 Å². The minimum atomic E-state index is -1.00. The predicted molar refractivity (Wildman–Crippen MR) is 58.3 cm³/mol. The first-order valence-corrected chi connectivity index (χ1v) is 5.96. The number of hydrogen-bond acceptors (Lipinski definition) is 7. The van der Waals surface area contributed by atoms with Gasteiger partial charge in [-0.25, -0.2) is 5.26 Å². The summed E-state index contributed by atoms with van der Waals surface area (Å²) >= 11 is 1.04. The van der Waals surface area contributed by atoms with E-state index in [1.165, 1.54) is 0 Å². The van der Waals surface area contributed by atoms with Crippen molar-refractivity contribution in [2.45, 2.75) is 11.3 Å². The van der Waals surface area contributed by atoms with Crippen LogP contribution in [0.5, 0.6) is 0 Å². The Labute approximate surface area is 102 Å². The number of amides is 1. The smallest absolute Gasteiger partial charge is 0.319 e. The molecule has 2 unspecified atom stereocenters. The minimum Gasteiger partial charge on any atom is -0.480 e. The summed E-state index contributed by atoms with van der Waals surface area (Å²) in [4.78, 5) is 26.1. The van der Waals surface area contributed by atoms with Crippen LogP contribution in [0, 0.1) is 0 Å². The second-order valence-corrected chi connectivity index (χ2v) is 4.52. The molecular formula is C8H14N2O6S. The Balaban J connectivity index is 2.59. The van der Waals surface area contributed by atoms with Gasteiger partial charge in [-0.15, -0.1) is 16.8 Å². The van der Waals surface area contributed by atoms with Gasteiger partial charge in [-0.3, -0.25) is 9.59 Å². The highest BCUT2D eigenvalue weighted by molar-refractivity contribution is 8.00. The Hall–Kier alpha value is -0.870. The summed E-state index contributed by atoms with van der Waals surface area (Å²) in [6.45, 7) is 0.588. The molecule has 1 fully saturated rings. The lowest BCUT2D eigenvalue weighted by atomic mass is 10.3. The summed E-state index contributed by atoms with van der Waals surface area (Å²) in [5.41, 5.74) is 2.10. The maximum atomic E-state index is 11.5. The van der Waals surface area contributed by atoms with E-state index < -0.39 is 17.3 Å². The number of carbonyl (C=O) groups excluding carboxylic acids is 1. The summed E-state index contributed by atoms with van der Waals surface area (Å²) in [6, 6.07) is -0.815. The maximum Gasteiger partial charge on any atom is 0.319 e. The van der Waals surface area contributed by atoms with E-state index in [2.05, 4.69) is 15.8 Å². The van der Waals surface area contributed by atoms with Crippen LogP contribution in [-0.2, 0) is 19.3 Å². The maximum absolute atomic E-state index is 11.5. The first-order valence-electron chi connectivity index (χ1n) is 4.91. The zero-order chi connectivity index (χ0) is 12.7. The molecule has 1 rings (SSSR count). The number of thioether (sulfide) groups is 1. The Bertz CT molecular complexity index is 277. The van der Waals surface area contributed by atoms with Crippen LogP contribution in [0.3, 0.4) is 0 Å². The van der Waals surface area contributed by atoms with Crippen molar-refractivity contribution in [2.24, 2.45) is 0 Å². The molecule has 8 nitrogen and oxygen atoms in total. The third kappa shape index (κ3) is 4.88. The second kappa shape index (κ2) is 7.45. The van der Waals surface area contributed by atoms with Crippen molar-refractivity contribution < 1.29 is 29.7 Å². The molecule has 4 N–H and O–H groups in total. The van der Waals surface area contributed by atoms with Crippen molar-refractivity contribution in [3.63, 3.8) is 0 Å². The first-order chi connectivity index (χ1) is 8.15. The number of rotatable bonds is 3. The van der Waals surface area contributed by atoms with Crippen molar-refractivity contribution >= 4 is 23.6 Å².